The normalized spacial score (nSPS) is 19.6. The zero-order valence-electron chi connectivity index (χ0n) is 10.0. The smallest absolute Gasteiger partial charge is 0.309 e. The van der Waals surface area contributed by atoms with Crippen LogP contribution >= 0.6 is 0 Å². The van der Waals surface area contributed by atoms with Crippen molar-refractivity contribution in [2.24, 2.45) is 0 Å². The van der Waals surface area contributed by atoms with Gasteiger partial charge in [0, 0.05) is 17.0 Å². The fraction of sp³-hybridized carbons (Fsp3) is 0.333. The molecule has 1 aliphatic rings. The zero-order valence-corrected chi connectivity index (χ0v) is 10.0. The molecule has 100 valence electrons. The van der Waals surface area contributed by atoms with Crippen molar-refractivity contribution in [1.29, 1.82) is 0 Å². The van der Waals surface area contributed by atoms with Crippen LogP contribution in [0.15, 0.2) is 30.3 Å². The van der Waals surface area contributed by atoms with E-state index in [0.29, 0.717) is 12.1 Å². The van der Waals surface area contributed by atoms with E-state index in [0.717, 1.165) is 0 Å². The number of hydrogen-bond acceptors (Lipinski definition) is 4. The van der Waals surface area contributed by atoms with Gasteiger partial charge in [0.2, 0.25) is 5.91 Å². The number of nitro groups is 1. The van der Waals surface area contributed by atoms with Gasteiger partial charge < -0.3 is 10.6 Å². The molecule has 1 aliphatic heterocycles. The van der Waals surface area contributed by atoms with Gasteiger partial charge in [-0.1, -0.05) is 18.2 Å². The van der Waals surface area contributed by atoms with Crippen molar-refractivity contribution in [3.63, 3.8) is 0 Å². The van der Waals surface area contributed by atoms with E-state index in [9.17, 15) is 19.7 Å². The van der Waals surface area contributed by atoms with E-state index >= 15 is 0 Å². The molecule has 0 aromatic heterocycles. The Morgan fingerprint density at radius 1 is 1.42 bits per heavy atom. The van der Waals surface area contributed by atoms with Crippen LogP contribution < -0.4 is 10.6 Å². The summed E-state index contributed by atoms with van der Waals surface area (Å²) in [4.78, 5) is 33.4. The zero-order chi connectivity index (χ0) is 13.8. The molecule has 0 saturated carbocycles. The third-order valence-electron chi connectivity index (χ3n) is 2.95. The topological polar surface area (TPSA) is 101 Å². The number of para-hydroxylation sites is 1. The van der Waals surface area contributed by atoms with Crippen LogP contribution in [-0.4, -0.2) is 28.8 Å². The molecule has 1 aromatic carbocycles. The Morgan fingerprint density at radius 2 is 2.11 bits per heavy atom. The first-order chi connectivity index (χ1) is 9.08. The highest BCUT2D eigenvalue weighted by molar-refractivity contribution is 5.95. The summed E-state index contributed by atoms with van der Waals surface area (Å²) >= 11 is 0. The Kier molecular flexibility index (Phi) is 3.74. The van der Waals surface area contributed by atoms with E-state index in [2.05, 4.69) is 10.6 Å². The molecule has 2 amide bonds. The fourth-order valence-corrected chi connectivity index (χ4v) is 2.04. The summed E-state index contributed by atoms with van der Waals surface area (Å²) in [5.41, 5.74) is 0.490. The van der Waals surface area contributed by atoms with Gasteiger partial charge in [-0.3, -0.25) is 19.7 Å². The van der Waals surface area contributed by atoms with Crippen molar-refractivity contribution in [3.8, 4) is 0 Å². The van der Waals surface area contributed by atoms with Gasteiger partial charge in [-0.2, -0.15) is 0 Å². The van der Waals surface area contributed by atoms with E-state index in [1.807, 2.05) is 0 Å². The maximum absolute atomic E-state index is 11.9. The number of carbonyl (C=O) groups is 2. The molecule has 0 aliphatic carbocycles. The number of hydrogen-bond donors (Lipinski definition) is 2. The highest BCUT2D eigenvalue weighted by atomic mass is 16.6. The summed E-state index contributed by atoms with van der Waals surface area (Å²) in [6.45, 7) is 0. The van der Waals surface area contributed by atoms with Gasteiger partial charge in [-0.05, 0) is 18.6 Å². The van der Waals surface area contributed by atoms with E-state index in [4.69, 9.17) is 0 Å². The average Bonchev–Trinajstić information content (AvgIpc) is 2.76. The SMILES string of the molecule is O=C1CCC(C(C(=O)Nc2ccccc2)[N+](=O)[O-])N1. The van der Waals surface area contributed by atoms with Crippen LogP contribution in [0.1, 0.15) is 12.8 Å². The lowest BCUT2D eigenvalue weighted by molar-refractivity contribution is -0.510. The molecule has 2 rings (SSSR count). The number of amides is 2. The van der Waals surface area contributed by atoms with Crippen LogP contribution in [0.4, 0.5) is 5.69 Å². The molecule has 7 nitrogen and oxygen atoms in total. The molecule has 1 saturated heterocycles. The molecular formula is C12H13N3O4. The van der Waals surface area contributed by atoms with Gasteiger partial charge in [-0.15, -0.1) is 0 Å². The maximum atomic E-state index is 11.9. The first-order valence-corrected chi connectivity index (χ1v) is 5.86. The lowest BCUT2D eigenvalue weighted by Gasteiger charge is -2.15. The number of anilines is 1. The van der Waals surface area contributed by atoms with Crippen LogP contribution in [0, 0.1) is 10.1 Å². The van der Waals surface area contributed by atoms with Crippen molar-refractivity contribution >= 4 is 17.5 Å². The summed E-state index contributed by atoms with van der Waals surface area (Å²) in [6.07, 6.45) is 0.514. The van der Waals surface area contributed by atoms with Crippen LogP contribution in [0.5, 0.6) is 0 Å². The van der Waals surface area contributed by atoms with Crippen LogP contribution in [0.25, 0.3) is 0 Å². The van der Waals surface area contributed by atoms with Gasteiger partial charge in [0.15, 0.2) is 0 Å². The highest BCUT2D eigenvalue weighted by Gasteiger charge is 2.42. The summed E-state index contributed by atoms with van der Waals surface area (Å²) in [5, 5.41) is 16.0. The fourth-order valence-electron chi connectivity index (χ4n) is 2.04. The first kappa shape index (κ1) is 13.0. The Labute approximate surface area is 109 Å². The molecule has 2 unspecified atom stereocenters. The molecule has 1 aromatic rings. The Hall–Kier alpha value is -2.44. The molecule has 2 N–H and O–H groups in total. The van der Waals surface area contributed by atoms with Gasteiger partial charge in [0.25, 0.3) is 0 Å². The van der Waals surface area contributed by atoms with Crippen molar-refractivity contribution < 1.29 is 14.5 Å². The number of rotatable bonds is 4. The predicted octanol–water partition coefficient (Wildman–Crippen LogP) is 0.549. The third kappa shape index (κ3) is 3.06. The standard InChI is InChI=1S/C12H13N3O4/c16-10-7-6-9(14-10)11(15(18)19)12(17)13-8-4-2-1-3-5-8/h1-5,9,11H,6-7H2,(H,13,17)(H,14,16). The lowest BCUT2D eigenvalue weighted by Crippen LogP contribution is -2.49. The predicted molar refractivity (Wildman–Crippen MR) is 67.0 cm³/mol. The van der Waals surface area contributed by atoms with Gasteiger partial charge >= 0.3 is 11.9 Å². The van der Waals surface area contributed by atoms with Crippen molar-refractivity contribution in [3.05, 3.63) is 40.4 Å². The van der Waals surface area contributed by atoms with Crippen LogP contribution in [0.3, 0.4) is 0 Å². The second-order valence-electron chi connectivity index (χ2n) is 4.30. The quantitative estimate of drug-likeness (QED) is 0.611. The number of nitrogens with one attached hydrogen (secondary N) is 2. The third-order valence-corrected chi connectivity index (χ3v) is 2.95. The van der Waals surface area contributed by atoms with Gasteiger partial charge in [-0.25, -0.2) is 0 Å². The second-order valence-corrected chi connectivity index (χ2v) is 4.30. The van der Waals surface area contributed by atoms with Crippen molar-refractivity contribution in [1.82, 2.24) is 5.32 Å². The van der Waals surface area contributed by atoms with Crippen molar-refractivity contribution in [2.75, 3.05) is 5.32 Å². The molecule has 19 heavy (non-hydrogen) atoms. The molecule has 1 fully saturated rings. The monoisotopic (exact) mass is 263 g/mol. The molecule has 1 heterocycles. The Morgan fingerprint density at radius 3 is 2.63 bits per heavy atom. The Bertz CT molecular complexity index is 503. The van der Waals surface area contributed by atoms with E-state index in [1.165, 1.54) is 0 Å². The van der Waals surface area contributed by atoms with Crippen LogP contribution in [0.2, 0.25) is 0 Å². The van der Waals surface area contributed by atoms with Gasteiger partial charge in [0.05, 0.1) is 0 Å². The Balaban J connectivity index is 2.09. The number of carbonyl (C=O) groups excluding carboxylic acids is 2. The minimum absolute atomic E-state index is 0.216. The first-order valence-electron chi connectivity index (χ1n) is 5.86. The molecule has 0 bridgehead atoms. The summed E-state index contributed by atoms with van der Waals surface area (Å²) in [7, 11) is 0. The van der Waals surface area contributed by atoms with Crippen molar-refractivity contribution in [2.45, 2.75) is 24.9 Å². The molecule has 0 spiro atoms. The largest absolute Gasteiger partial charge is 0.346 e. The summed E-state index contributed by atoms with van der Waals surface area (Å²) in [5.74, 6) is -0.979. The number of nitrogens with zero attached hydrogens (tertiary/aromatic N) is 1. The second kappa shape index (κ2) is 5.47. The lowest BCUT2D eigenvalue weighted by atomic mass is 10.1. The minimum Gasteiger partial charge on any atom is -0.346 e. The molecule has 7 heteroatoms. The van der Waals surface area contributed by atoms with Gasteiger partial charge in [0.1, 0.15) is 6.04 Å². The molecule has 0 radical (unpaired) electrons. The van der Waals surface area contributed by atoms with E-state index in [-0.39, 0.29) is 12.3 Å². The summed E-state index contributed by atoms with van der Waals surface area (Å²) < 4.78 is 0. The minimum atomic E-state index is -1.47. The van der Waals surface area contributed by atoms with E-state index < -0.39 is 22.9 Å². The molecular weight excluding hydrogens is 250 g/mol. The van der Waals surface area contributed by atoms with E-state index in [1.54, 1.807) is 30.3 Å². The number of benzene rings is 1. The highest BCUT2D eigenvalue weighted by Crippen LogP contribution is 2.15. The summed E-state index contributed by atoms with van der Waals surface area (Å²) in [6, 6.07) is 6.28. The van der Waals surface area contributed by atoms with Crippen LogP contribution in [-0.2, 0) is 9.59 Å². The molecule has 2 atom stereocenters. The maximum Gasteiger partial charge on any atom is 0.309 e. The average molecular weight is 263 g/mol.